The van der Waals surface area contributed by atoms with E-state index in [1.54, 1.807) is 0 Å². The van der Waals surface area contributed by atoms with Gasteiger partial charge in [0, 0.05) is 53.9 Å². The van der Waals surface area contributed by atoms with Crippen LogP contribution < -0.4 is 20.9 Å². The van der Waals surface area contributed by atoms with Crippen LogP contribution in [0.1, 0.15) is 117 Å². The number of nitrogens with zero attached hydrogens (tertiary/aromatic N) is 2. The number of allylic oxidation sites excluding steroid dienone is 4. The van der Waals surface area contributed by atoms with E-state index in [4.69, 9.17) is 5.11 Å². The van der Waals surface area contributed by atoms with E-state index in [9.17, 15) is 34.2 Å². The molecule has 3 atom stereocenters. The molecule has 3 unspecified atom stereocenters. The Bertz CT molecular complexity index is 2570. The molecule has 0 saturated heterocycles. The number of carboxylic acid groups (broad SMARTS) is 3. The second kappa shape index (κ2) is 21.2. The van der Waals surface area contributed by atoms with Gasteiger partial charge in [-0.15, -0.1) is 0 Å². The summed E-state index contributed by atoms with van der Waals surface area (Å²) < 4.78 is 2.49. The Kier molecular flexibility index (Phi) is 15.7. The summed E-state index contributed by atoms with van der Waals surface area (Å²) in [6, 6.07) is 21.3. The quantitative estimate of drug-likeness (QED) is 0.0330. The first kappa shape index (κ1) is 48.9. The summed E-state index contributed by atoms with van der Waals surface area (Å²) in [5.74, 6) is -4.09. The number of rotatable bonds is 22. The minimum Gasteiger partial charge on any atom is -0.481 e. The van der Waals surface area contributed by atoms with Crippen LogP contribution in [0.25, 0.3) is 21.5 Å². The van der Waals surface area contributed by atoms with E-state index in [-0.39, 0.29) is 30.7 Å². The lowest BCUT2D eigenvalue weighted by atomic mass is 9.79. The second-order valence-electron chi connectivity index (χ2n) is 18.6. The van der Waals surface area contributed by atoms with Gasteiger partial charge in [0.15, 0.2) is 5.71 Å². The minimum absolute atomic E-state index is 0.0255. The molecular formula is C53H66N5O8+. The summed E-state index contributed by atoms with van der Waals surface area (Å²) in [7, 11) is 0. The zero-order chi connectivity index (χ0) is 47.8. The number of hydrogen-bond donors (Lipinski definition) is 6. The van der Waals surface area contributed by atoms with Crippen LogP contribution >= 0.6 is 0 Å². The number of amides is 3. The zero-order valence-corrected chi connectivity index (χ0v) is 39.2. The summed E-state index contributed by atoms with van der Waals surface area (Å²) in [5, 5.41) is 40.5. The van der Waals surface area contributed by atoms with E-state index in [0.29, 0.717) is 19.3 Å². The molecule has 2 aliphatic heterocycles. The van der Waals surface area contributed by atoms with Crippen LogP contribution in [0, 0.1) is 0 Å². The van der Waals surface area contributed by atoms with Crippen molar-refractivity contribution < 1.29 is 43.9 Å². The van der Waals surface area contributed by atoms with Crippen molar-refractivity contribution in [1.29, 1.82) is 0 Å². The van der Waals surface area contributed by atoms with Gasteiger partial charge in [-0.3, -0.25) is 9.59 Å². The molecular weight excluding hydrogens is 835 g/mol. The lowest BCUT2D eigenvalue weighted by molar-refractivity contribution is -0.438. The van der Waals surface area contributed by atoms with Crippen molar-refractivity contribution in [3.63, 3.8) is 0 Å². The van der Waals surface area contributed by atoms with E-state index in [1.165, 1.54) is 33.3 Å². The molecule has 6 N–H and O–H groups in total. The Hall–Kier alpha value is -6.50. The number of anilines is 1. The number of nitrogens with one attached hydrogen (secondary N) is 3. The van der Waals surface area contributed by atoms with Gasteiger partial charge in [-0.2, -0.15) is 4.58 Å². The van der Waals surface area contributed by atoms with Gasteiger partial charge >= 0.3 is 23.9 Å². The Morgan fingerprint density at radius 1 is 0.697 bits per heavy atom. The van der Waals surface area contributed by atoms with Gasteiger partial charge in [-0.05, 0) is 91.3 Å². The average molecular weight is 901 g/mol. The largest absolute Gasteiger partial charge is 0.481 e. The van der Waals surface area contributed by atoms with Crippen molar-refractivity contribution >= 4 is 68.5 Å². The van der Waals surface area contributed by atoms with Gasteiger partial charge < -0.3 is 36.2 Å². The maximum Gasteiger partial charge on any atom is 0.326 e. The molecule has 350 valence electrons. The van der Waals surface area contributed by atoms with Crippen LogP contribution in [0.5, 0.6) is 0 Å². The van der Waals surface area contributed by atoms with Crippen LogP contribution in [0.2, 0.25) is 0 Å². The molecule has 0 saturated carbocycles. The predicted molar refractivity (Wildman–Crippen MR) is 260 cm³/mol. The molecule has 4 aromatic rings. The van der Waals surface area contributed by atoms with Crippen LogP contribution in [0.4, 0.5) is 16.2 Å². The molecule has 0 aromatic heterocycles. The highest BCUT2D eigenvalue weighted by Gasteiger charge is 2.47. The summed E-state index contributed by atoms with van der Waals surface area (Å²) in [6.07, 6.45) is 11.0. The number of hydrogen-bond acceptors (Lipinski definition) is 6. The number of unbranched alkanes of at least 4 members (excludes halogenated alkanes) is 3. The fourth-order valence-corrected chi connectivity index (χ4v) is 9.84. The first-order chi connectivity index (χ1) is 31.5. The van der Waals surface area contributed by atoms with E-state index in [2.05, 4.69) is 152 Å². The molecule has 66 heavy (non-hydrogen) atoms. The van der Waals surface area contributed by atoms with Crippen LogP contribution in [-0.4, -0.2) is 86.7 Å². The molecule has 13 heteroatoms. The van der Waals surface area contributed by atoms with Crippen molar-refractivity contribution in [1.82, 2.24) is 16.0 Å². The molecule has 2 aliphatic rings. The third-order valence-corrected chi connectivity index (χ3v) is 13.2. The third-order valence-electron chi connectivity index (χ3n) is 13.2. The first-order valence-electron chi connectivity index (χ1n) is 23.4. The maximum atomic E-state index is 14.6. The molecule has 0 radical (unpaired) electrons. The number of aliphatic carboxylic acids is 3. The number of urea groups is 1. The molecule has 0 bridgehead atoms. The van der Waals surface area contributed by atoms with Crippen molar-refractivity contribution in [3.05, 3.63) is 108 Å². The zero-order valence-electron chi connectivity index (χ0n) is 39.2. The molecule has 3 amide bonds. The highest BCUT2D eigenvalue weighted by Crippen LogP contribution is 2.52. The number of carboxylic acids is 3. The van der Waals surface area contributed by atoms with E-state index < -0.39 is 53.9 Å². The molecule has 13 nitrogen and oxygen atoms in total. The number of carbonyl (C=O) groups excluding carboxylic acids is 2. The SMILES string of the molecule is CCCCC(C(=O)NCCCCC(NC(=O)NC(CCC(=O)O)C(=O)O)C(=O)O)N1/C(=C\C=C\C2=[N+](CCCC)c3ccc4ccccc4c3C2(C)C)C(C)(C)c2c1ccc1ccccc21. The smallest absolute Gasteiger partial charge is 0.326 e. The summed E-state index contributed by atoms with van der Waals surface area (Å²) >= 11 is 0. The van der Waals surface area contributed by atoms with Gasteiger partial charge in [0.05, 0.1) is 5.41 Å². The van der Waals surface area contributed by atoms with Gasteiger partial charge in [0.2, 0.25) is 11.6 Å². The summed E-state index contributed by atoms with van der Waals surface area (Å²) in [4.78, 5) is 63.9. The first-order valence-corrected chi connectivity index (χ1v) is 23.4. The van der Waals surface area contributed by atoms with Gasteiger partial charge in [-0.25, -0.2) is 14.4 Å². The highest BCUT2D eigenvalue weighted by molar-refractivity contribution is 6.08. The number of fused-ring (bicyclic) bond motifs is 6. The fourth-order valence-electron chi connectivity index (χ4n) is 9.84. The third kappa shape index (κ3) is 10.5. The van der Waals surface area contributed by atoms with Gasteiger partial charge in [0.1, 0.15) is 24.7 Å². The average Bonchev–Trinajstić information content (AvgIpc) is 3.64. The number of carbonyl (C=O) groups is 5. The van der Waals surface area contributed by atoms with Crippen LogP contribution in [0.3, 0.4) is 0 Å². The molecule has 0 aliphatic carbocycles. The van der Waals surface area contributed by atoms with E-state index in [0.717, 1.165) is 54.4 Å². The lowest BCUT2D eigenvalue weighted by Crippen LogP contribution is -2.51. The fraction of sp³-hybridized carbons (Fsp3) is 0.434. The minimum atomic E-state index is -1.50. The maximum absolute atomic E-state index is 14.6. The van der Waals surface area contributed by atoms with Crippen molar-refractivity contribution in [2.75, 3.05) is 18.0 Å². The predicted octanol–water partition coefficient (Wildman–Crippen LogP) is 9.32. The van der Waals surface area contributed by atoms with E-state index >= 15 is 0 Å². The van der Waals surface area contributed by atoms with Crippen molar-refractivity contribution in [3.8, 4) is 0 Å². The molecule has 2 heterocycles. The molecule has 4 aromatic carbocycles. The topological polar surface area (TPSA) is 188 Å². The van der Waals surface area contributed by atoms with Crippen molar-refractivity contribution in [2.45, 2.75) is 135 Å². The molecule has 0 spiro atoms. The monoisotopic (exact) mass is 900 g/mol. The second-order valence-corrected chi connectivity index (χ2v) is 18.6. The van der Waals surface area contributed by atoms with Gasteiger partial charge in [-0.1, -0.05) is 108 Å². The highest BCUT2D eigenvalue weighted by atomic mass is 16.4. The van der Waals surface area contributed by atoms with Crippen LogP contribution in [0.15, 0.2) is 96.7 Å². The summed E-state index contributed by atoms with van der Waals surface area (Å²) in [6.45, 7) is 14.6. The lowest BCUT2D eigenvalue weighted by Gasteiger charge is -2.33. The van der Waals surface area contributed by atoms with E-state index in [1.807, 2.05) is 6.07 Å². The Labute approximate surface area is 387 Å². The molecule has 6 rings (SSSR count). The Morgan fingerprint density at radius 3 is 1.92 bits per heavy atom. The molecule has 0 fully saturated rings. The Balaban J connectivity index is 1.26. The van der Waals surface area contributed by atoms with Crippen LogP contribution in [-0.2, 0) is 30.0 Å². The van der Waals surface area contributed by atoms with Crippen molar-refractivity contribution in [2.24, 2.45) is 0 Å². The van der Waals surface area contributed by atoms with Gasteiger partial charge in [0.25, 0.3) is 0 Å². The standard InChI is InChI=1S/C53H65N5O8/c1-7-9-23-42(48(61)54-32-16-15-22-38(49(62)63)55-51(66)56-39(50(64)65)28-31-45(59)60)58-41-30-27-35-19-12-14-21-37(35)47(41)53(5,6)44(58)25-17-24-43-52(3,4)46-36-20-13-11-18-34(36)26-29-40(46)57(43)33-10-8-2/h11-14,17-21,24-27,29-30,38-39,42H,7-10,15-16,22-23,28,31-33H2,1-6H3,(H5-,54,55,56,59,60,61,62,63,64,65,66)/p+1. The normalized spacial score (nSPS) is 16.9. The Morgan fingerprint density at radius 2 is 1.30 bits per heavy atom. The number of benzene rings is 4. The summed E-state index contributed by atoms with van der Waals surface area (Å²) in [5.41, 5.74) is 6.24.